The summed E-state index contributed by atoms with van der Waals surface area (Å²) in [5.41, 5.74) is 0.721. The Bertz CT molecular complexity index is 964. The highest BCUT2D eigenvalue weighted by Gasteiger charge is 2.49. The van der Waals surface area contributed by atoms with Crippen LogP contribution in [0.2, 0.25) is 5.02 Å². The molecule has 2 aromatic carbocycles. The lowest BCUT2D eigenvalue weighted by Crippen LogP contribution is -2.42. The van der Waals surface area contributed by atoms with Crippen LogP contribution in [0.5, 0.6) is 0 Å². The summed E-state index contributed by atoms with van der Waals surface area (Å²) in [7, 11) is 0. The first-order chi connectivity index (χ1) is 13.7. The van der Waals surface area contributed by atoms with Crippen molar-refractivity contribution in [3.63, 3.8) is 0 Å². The molecule has 152 valence electrons. The smallest absolute Gasteiger partial charge is 0.323 e. The van der Waals surface area contributed by atoms with E-state index in [1.807, 2.05) is 24.3 Å². The number of imide groups is 1. The minimum atomic E-state index is -1.25. The number of aryl methyl sites for hydroxylation is 1. The SMILES string of the molecule is CCCc1ccc([C@@]2(C)NC(=O)N(CC(=O)Nc3ccc(F)cc3Cl)C2=O)cc1. The minimum absolute atomic E-state index is 0.0209. The third-order valence-corrected chi connectivity index (χ3v) is 5.16. The lowest BCUT2D eigenvalue weighted by molar-refractivity contribution is -0.133. The van der Waals surface area contributed by atoms with Crippen LogP contribution in [0.25, 0.3) is 0 Å². The standard InChI is InChI=1S/C21H21ClFN3O3/c1-3-4-13-5-7-14(8-6-13)21(2)19(28)26(20(29)25-21)12-18(27)24-17-10-9-15(23)11-16(17)22/h5-11H,3-4,12H2,1-2H3,(H,24,27)(H,25,29)/t21-/m1/s1. The highest BCUT2D eigenvalue weighted by atomic mass is 35.5. The summed E-state index contributed by atoms with van der Waals surface area (Å²) in [5.74, 6) is -1.68. The number of carbonyl (C=O) groups excluding carboxylic acids is 3. The Hall–Kier alpha value is -2.93. The summed E-state index contributed by atoms with van der Waals surface area (Å²) >= 11 is 5.89. The van der Waals surface area contributed by atoms with Crippen molar-refractivity contribution in [1.29, 1.82) is 0 Å². The summed E-state index contributed by atoms with van der Waals surface area (Å²) in [6, 6.07) is 10.3. The van der Waals surface area contributed by atoms with Crippen LogP contribution in [0.3, 0.4) is 0 Å². The summed E-state index contributed by atoms with van der Waals surface area (Å²) in [6.45, 7) is 3.21. The van der Waals surface area contributed by atoms with Gasteiger partial charge in [0, 0.05) is 0 Å². The number of urea groups is 1. The molecule has 0 saturated carbocycles. The minimum Gasteiger partial charge on any atom is -0.323 e. The molecule has 3 rings (SSSR count). The first kappa shape index (κ1) is 20.8. The fourth-order valence-electron chi connectivity index (χ4n) is 3.25. The molecule has 1 saturated heterocycles. The third kappa shape index (κ3) is 4.24. The number of nitrogens with zero attached hydrogens (tertiary/aromatic N) is 1. The molecule has 4 amide bonds. The molecule has 0 unspecified atom stereocenters. The monoisotopic (exact) mass is 417 g/mol. The van der Waals surface area contributed by atoms with Crippen LogP contribution >= 0.6 is 11.6 Å². The van der Waals surface area contributed by atoms with Gasteiger partial charge in [-0.15, -0.1) is 0 Å². The Labute approximate surface area is 173 Å². The predicted molar refractivity (Wildman–Crippen MR) is 108 cm³/mol. The Balaban J connectivity index is 1.73. The molecule has 1 atom stereocenters. The number of amides is 4. The second-order valence-electron chi connectivity index (χ2n) is 7.07. The van der Waals surface area contributed by atoms with Gasteiger partial charge in [-0.05, 0) is 42.7 Å². The van der Waals surface area contributed by atoms with E-state index in [1.165, 1.54) is 6.07 Å². The van der Waals surface area contributed by atoms with E-state index in [1.54, 1.807) is 6.92 Å². The second kappa shape index (κ2) is 8.21. The fourth-order valence-corrected chi connectivity index (χ4v) is 3.47. The molecule has 8 heteroatoms. The van der Waals surface area contributed by atoms with Crippen molar-refractivity contribution < 1.29 is 18.8 Å². The van der Waals surface area contributed by atoms with Crippen LogP contribution in [-0.4, -0.2) is 29.3 Å². The molecule has 0 spiro atoms. The molecule has 1 aliphatic rings. The molecule has 1 fully saturated rings. The zero-order valence-corrected chi connectivity index (χ0v) is 16.8. The molecule has 0 aliphatic carbocycles. The third-order valence-electron chi connectivity index (χ3n) is 4.85. The van der Waals surface area contributed by atoms with Crippen LogP contribution < -0.4 is 10.6 Å². The number of hydrogen-bond donors (Lipinski definition) is 2. The summed E-state index contributed by atoms with van der Waals surface area (Å²) in [6.07, 6.45) is 1.93. The van der Waals surface area contributed by atoms with E-state index in [4.69, 9.17) is 11.6 Å². The van der Waals surface area contributed by atoms with Gasteiger partial charge in [0.15, 0.2) is 0 Å². The quantitative estimate of drug-likeness (QED) is 0.701. The summed E-state index contributed by atoms with van der Waals surface area (Å²) < 4.78 is 13.1. The number of rotatable bonds is 6. The largest absolute Gasteiger partial charge is 0.325 e. The zero-order valence-electron chi connectivity index (χ0n) is 16.1. The van der Waals surface area contributed by atoms with E-state index >= 15 is 0 Å². The van der Waals surface area contributed by atoms with Crippen LogP contribution in [0.4, 0.5) is 14.9 Å². The molecule has 0 radical (unpaired) electrons. The number of anilines is 1. The van der Waals surface area contributed by atoms with Gasteiger partial charge in [-0.25, -0.2) is 9.18 Å². The highest BCUT2D eigenvalue weighted by Crippen LogP contribution is 2.29. The molecule has 0 aromatic heterocycles. The van der Waals surface area contributed by atoms with Gasteiger partial charge in [0.1, 0.15) is 17.9 Å². The summed E-state index contributed by atoms with van der Waals surface area (Å²) in [4.78, 5) is 38.5. The number of nitrogens with one attached hydrogen (secondary N) is 2. The van der Waals surface area contributed by atoms with Gasteiger partial charge in [0.05, 0.1) is 10.7 Å². The first-order valence-corrected chi connectivity index (χ1v) is 9.61. The van der Waals surface area contributed by atoms with Crippen molar-refractivity contribution >= 4 is 35.1 Å². The average molecular weight is 418 g/mol. The van der Waals surface area contributed by atoms with Crippen molar-refractivity contribution in [1.82, 2.24) is 10.2 Å². The maximum atomic E-state index is 13.1. The second-order valence-corrected chi connectivity index (χ2v) is 7.47. The predicted octanol–water partition coefficient (Wildman–Crippen LogP) is 3.84. The molecular weight excluding hydrogens is 397 g/mol. The molecule has 0 bridgehead atoms. The van der Waals surface area contributed by atoms with E-state index in [0.717, 1.165) is 35.4 Å². The van der Waals surface area contributed by atoms with Crippen LogP contribution in [0.15, 0.2) is 42.5 Å². The van der Waals surface area contributed by atoms with E-state index in [2.05, 4.69) is 17.6 Å². The van der Waals surface area contributed by atoms with Crippen molar-refractivity contribution in [2.24, 2.45) is 0 Å². The van der Waals surface area contributed by atoms with E-state index in [0.29, 0.717) is 5.56 Å². The lowest BCUT2D eigenvalue weighted by Gasteiger charge is -2.22. The van der Waals surface area contributed by atoms with Gasteiger partial charge in [-0.2, -0.15) is 0 Å². The topological polar surface area (TPSA) is 78.5 Å². The molecule has 1 aliphatic heterocycles. The van der Waals surface area contributed by atoms with Gasteiger partial charge in [-0.1, -0.05) is 49.2 Å². The van der Waals surface area contributed by atoms with Gasteiger partial charge in [0.2, 0.25) is 5.91 Å². The zero-order chi connectivity index (χ0) is 21.2. The van der Waals surface area contributed by atoms with Crippen molar-refractivity contribution in [3.8, 4) is 0 Å². The van der Waals surface area contributed by atoms with Crippen LogP contribution in [-0.2, 0) is 21.5 Å². The van der Waals surface area contributed by atoms with Crippen LogP contribution in [0, 0.1) is 5.82 Å². The highest BCUT2D eigenvalue weighted by molar-refractivity contribution is 6.33. The Morgan fingerprint density at radius 1 is 1.21 bits per heavy atom. The number of halogens is 2. The van der Waals surface area contributed by atoms with Gasteiger partial charge in [0.25, 0.3) is 5.91 Å². The normalized spacial score (nSPS) is 18.7. The van der Waals surface area contributed by atoms with E-state index in [-0.39, 0.29) is 10.7 Å². The molecule has 2 N–H and O–H groups in total. The lowest BCUT2D eigenvalue weighted by atomic mass is 9.91. The molecule has 6 nitrogen and oxygen atoms in total. The molecule has 1 heterocycles. The Morgan fingerprint density at radius 3 is 2.52 bits per heavy atom. The van der Waals surface area contributed by atoms with Crippen molar-refractivity contribution in [2.45, 2.75) is 32.2 Å². The Kier molecular flexibility index (Phi) is 5.88. The fraction of sp³-hybridized carbons (Fsp3) is 0.286. The average Bonchev–Trinajstić information content (AvgIpc) is 2.89. The maximum Gasteiger partial charge on any atom is 0.325 e. The number of carbonyl (C=O) groups is 3. The molecular formula is C21H21ClFN3O3. The van der Waals surface area contributed by atoms with E-state index < -0.39 is 35.7 Å². The van der Waals surface area contributed by atoms with Gasteiger partial charge < -0.3 is 10.6 Å². The maximum absolute atomic E-state index is 13.1. The molecule has 2 aromatic rings. The Morgan fingerprint density at radius 2 is 1.90 bits per heavy atom. The first-order valence-electron chi connectivity index (χ1n) is 9.23. The number of hydrogen-bond acceptors (Lipinski definition) is 3. The van der Waals surface area contributed by atoms with Gasteiger partial charge >= 0.3 is 6.03 Å². The van der Waals surface area contributed by atoms with Gasteiger partial charge in [-0.3, -0.25) is 14.5 Å². The van der Waals surface area contributed by atoms with E-state index in [9.17, 15) is 18.8 Å². The summed E-state index contributed by atoms with van der Waals surface area (Å²) in [5, 5.41) is 5.17. The van der Waals surface area contributed by atoms with Crippen molar-refractivity contribution in [2.75, 3.05) is 11.9 Å². The number of benzene rings is 2. The molecule has 29 heavy (non-hydrogen) atoms. The van der Waals surface area contributed by atoms with Crippen molar-refractivity contribution in [3.05, 3.63) is 64.4 Å². The van der Waals surface area contributed by atoms with Crippen LogP contribution in [0.1, 0.15) is 31.4 Å².